The second-order valence-electron chi connectivity index (χ2n) is 3.54. The van der Waals surface area contributed by atoms with E-state index >= 15 is 0 Å². The highest BCUT2D eigenvalue weighted by Crippen LogP contribution is 2.21. The molecule has 1 fully saturated rings. The van der Waals surface area contributed by atoms with E-state index in [9.17, 15) is 9.59 Å². The number of nitrogens with one attached hydrogen (secondary N) is 1. The fourth-order valence-corrected chi connectivity index (χ4v) is 1.62. The first-order chi connectivity index (χ1) is 7.18. The normalized spacial score (nSPS) is 19.7. The molecule has 1 aromatic rings. The van der Waals surface area contributed by atoms with Gasteiger partial charge in [-0.25, -0.2) is 0 Å². The predicted molar refractivity (Wildman–Crippen MR) is 56.4 cm³/mol. The lowest BCUT2D eigenvalue weighted by Gasteiger charge is -2.38. The number of β-lactam (4-membered cyclic amide) rings is 1. The van der Waals surface area contributed by atoms with Crippen molar-refractivity contribution < 1.29 is 9.59 Å². The Balaban J connectivity index is 2.01. The molecule has 0 radical (unpaired) electrons. The van der Waals surface area contributed by atoms with Gasteiger partial charge in [0.25, 0.3) is 5.91 Å². The van der Waals surface area contributed by atoms with Crippen molar-refractivity contribution in [1.29, 1.82) is 0 Å². The minimum absolute atomic E-state index is 0.0450. The van der Waals surface area contributed by atoms with Crippen LogP contribution in [0.3, 0.4) is 0 Å². The van der Waals surface area contributed by atoms with E-state index in [1.54, 1.807) is 4.90 Å². The van der Waals surface area contributed by atoms with Gasteiger partial charge in [-0.05, 0) is 12.1 Å². The van der Waals surface area contributed by atoms with E-state index in [-0.39, 0.29) is 17.9 Å². The summed E-state index contributed by atoms with van der Waals surface area (Å²) in [4.78, 5) is 24.0. The van der Waals surface area contributed by atoms with Crippen LogP contribution in [-0.2, 0) is 9.59 Å². The van der Waals surface area contributed by atoms with Crippen LogP contribution in [0, 0.1) is 0 Å². The first kappa shape index (κ1) is 9.71. The zero-order valence-corrected chi connectivity index (χ0v) is 8.43. The number of carbonyl (C=O) groups is 2. The number of anilines is 1. The smallest absolute Gasteiger partial charge is 0.251 e. The van der Waals surface area contributed by atoms with E-state index in [0.29, 0.717) is 6.54 Å². The van der Waals surface area contributed by atoms with Crippen LogP contribution in [0.2, 0.25) is 0 Å². The summed E-state index contributed by atoms with van der Waals surface area (Å²) in [5.41, 5.74) is 0.879. The van der Waals surface area contributed by atoms with Crippen LogP contribution in [0.15, 0.2) is 30.3 Å². The summed E-state index contributed by atoms with van der Waals surface area (Å²) in [6.45, 7) is 1.97. The number of carbonyl (C=O) groups excluding carboxylic acids is 2. The number of hydrogen-bond acceptors (Lipinski definition) is 2. The summed E-state index contributed by atoms with van der Waals surface area (Å²) in [6.07, 6.45) is 0. The zero-order valence-electron chi connectivity index (χ0n) is 8.43. The maximum atomic E-state index is 11.6. The molecule has 0 aliphatic carbocycles. The van der Waals surface area contributed by atoms with Crippen LogP contribution in [0.4, 0.5) is 5.69 Å². The van der Waals surface area contributed by atoms with E-state index in [2.05, 4.69) is 5.32 Å². The summed E-state index contributed by atoms with van der Waals surface area (Å²) in [7, 11) is 0. The summed E-state index contributed by atoms with van der Waals surface area (Å²) in [5.74, 6) is -0.211. The molecule has 15 heavy (non-hydrogen) atoms. The summed E-state index contributed by atoms with van der Waals surface area (Å²) < 4.78 is 0. The Hall–Kier alpha value is -1.84. The molecule has 1 aliphatic rings. The quantitative estimate of drug-likeness (QED) is 0.715. The standard InChI is InChI=1S/C11H12N2O2/c1-8(14)12-10-7-13(11(10)15)9-5-3-2-4-6-9/h2-6,10H,7H2,1H3,(H,12,14)/t10-/m0/s1. The van der Waals surface area contributed by atoms with Gasteiger partial charge in [0.2, 0.25) is 5.91 Å². The van der Waals surface area contributed by atoms with Gasteiger partial charge in [-0.1, -0.05) is 18.2 Å². The molecule has 0 saturated carbocycles. The van der Waals surface area contributed by atoms with Crippen molar-refractivity contribution in [3.63, 3.8) is 0 Å². The van der Waals surface area contributed by atoms with Gasteiger partial charge in [0.15, 0.2) is 0 Å². The molecule has 1 N–H and O–H groups in total. The molecule has 0 bridgehead atoms. The van der Waals surface area contributed by atoms with Crippen molar-refractivity contribution in [2.24, 2.45) is 0 Å². The predicted octanol–water partition coefficient (Wildman–Crippen LogP) is 0.538. The molecule has 1 atom stereocenters. The molecule has 2 rings (SSSR count). The van der Waals surface area contributed by atoms with E-state index < -0.39 is 0 Å². The average Bonchev–Trinajstić information content (AvgIpc) is 2.24. The number of benzene rings is 1. The van der Waals surface area contributed by atoms with Gasteiger partial charge < -0.3 is 10.2 Å². The molecule has 0 aromatic heterocycles. The van der Waals surface area contributed by atoms with Gasteiger partial charge in [0.1, 0.15) is 6.04 Å². The van der Waals surface area contributed by atoms with Crippen molar-refractivity contribution in [2.75, 3.05) is 11.4 Å². The van der Waals surface area contributed by atoms with Crippen LogP contribution >= 0.6 is 0 Å². The summed E-state index contributed by atoms with van der Waals surface area (Å²) >= 11 is 0. The van der Waals surface area contributed by atoms with Gasteiger partial charge in [-0.2, -0.15) is 0 Å². The number of amides is 2. The number of hydrogen-bond donors (Lipinski definition) is 1. The highest BCUT2D eigenvalue weighted by Gasteiger charge is 2.37. The van der Waals surface area contributed by atoms with Crippen LogP contribution in [-0.4, -0.2) is 24.4 Å². The van der Waals surface area contributed by atoms with Crippen LogP contribution in [0.25, 0.3) is 0 Å². The Bertz CT molecular complexity index is 389. The lowest BCUT2D eigenvalue weighted by atomic mass is 10.1. The van der Waals surface area contributed by atoms with Crippen LogP contribution in [0.1, 0.15) is 6.92 Å². The third-order valence-electron chi connectivity index (χ3n) is 2.37. The van der Waals surface area contributed by atoms with Crippen LogP contribution < -0.4 is 10.2 Å². The highest BCUT2D eigenvalue weighted by molar-refractivity contribution is 6.05. The molecule has 1 aliphatic heterocycles. The molecule has 1 heterocycles. The number of nitrogens with zero attached hydrogens (tertiary/aromatic N) is 1. The molecular formula is C11H12N2O2. The largest absolute Gasteiger partial charge is 0.343 e. The van der Waals surface area contributed by atoms with Crippen molar-refractivity contribution in [3.05, 3.63) is 30.3 Å². The molecule has 2 amide bonds. The number of para-hydroxylation sites is 1. The van der Waals surface area contributed by atoms with E-state index in [1.165, 1.54) is 6.92 Å². The molecular weight excluding hydrogens is 192 g/mol. The summed E-state index contributed by atoms with van der Waals surface area (Å²) in [5, 5.41) is 2.60. The SMILES string of the molecule is CC(=O)N[C@H]1CN(c2ccccc2)C1=O. The minimum Gasteiger partial charge on any atom is -0.343 e. The third-order valence-corrected chi connectivity index (χ3v) is 2.37. The maximum Gasteiger partial charge on any atom is 0.251 e. The maximum absolute atomic E-state index is 11.6. The van der Waals surface area contributed by atoms with Crippen molar-refractivity contribution in [2.45, 2.75) is 13.0 Å². The molecule has 1 aromatic carbocycles. The molecule has 0 unspecified atom stereocenters. The Labute approximate surface area is 87.9 Å². The monoisotopic (exact) mass is 204 g/mol. The lowest BCUT2D eigenvalue weighted by molar-refractivity contribution is -0.129. The Morgan fingerprint density at radius 1 is 1.40 bits per heavy atom. The topological polar surface area (TPSA) is 49.4 Å². The fourth-order valence-electron chi connectivity index (χ4n) is 1.62. The molecule has 4 nitrogen and oxygen atoms in total. The molecule has 1 saturated heterocycles. The Kier molecular flexibility index (Phi) is 2.41. The zero-order chi connectivity index (χ0) is 10.8. The van der Waals surface area contributed by atoms with Crippen molar-refractivity contribution in [3.8, 4) is 0 Å². The van der Waals surface area contributed by atoms with Crippen molar-refractivity contribution >= 4 is 17.5 Å². The van der Waals surface area contributed by atoms with Crippen LogP contribution in [0.5, 0.6) is 0 Å². The van der Waals surface area contributed by atoms with E-state index in [4.69, 9.17) is 0 Å². The van der Waals surface area contributed by atoms with Gasteiger partial charge in [0.05, 0.1) is 6.54 Å². The fraction of sp³-hybridized carbons (Fsp3) is 0.273. The minimum atomic E-state index is -0.345. The highest BCUT2D eigenvalue weighted by atomic mass is 16.2. The first-order valence-corrected chi connectivity index (χ1v) is 4.82. The third kappa shape index (κ3) is 1.83. The number of rotatable bonds is 2. The van der Waals surface area contributed by atoms with Gasteiger partial charge in [0, 0.05) is 12.6 Å². The molecule has 4 heteroatoms. The molecule has 78 valence electrons. The Morgan fingerprint density at radius 3 is 2.60 bits per heavy atom. The second kappa shape index (κ2) is 3.73. The lowest BCUT2D eigenvalue weighted by Crippen LogP contribution is -2.63. The van der Waals surface area contributed by atoms with Gasteiger partial charge >= 0.3 is 0 Å². The van der Waals surface area contributed by atoms with E-state index in [1.807, 2.05) is 30.3 Å². The van der Waals surface area contributed by atoms with Crippen molar-refractivity contribution in [1.82, 2.24) is 5.32 Å². The van der Waals surface area contributed by atoms with E-state index in [0.717, 1.165) is 5.69 Å². The Morgan fingerprint density at radius 2 is 2.07 bits per heavy atom. The van der Waals surface area contributed by atoms with Gasteiger partial charge in [-0.3, -0.25) is 9.59 Å². The summed E-state index contributed by atoms with van der Waals surface area (Å²) in [6, 6.07) is 9.08. The second-order valence-corrected chi connectivity index (χ2v) is 3.54. The molecule has 0 spiro atoms. The average molecular weight is 204 g/mol. The van der Waals surface area contributed by atoms with Gasteiger partial charge in [-0.15, -0.1) is 0 Å². The first-order valence-electron chi connectivity index (χ1n) is 4.82.